The third-order valence-electron chi connectivity index (χ3n) is 4.68. The van der Waals surface area contributed by atoms with Crippen molar-refractivity contribution in [1.29, 1.82) is 0 Å². The minimum Gasteiger partial charge on any atom is -0.508 e. The van der Waals surface area contributed by atoms with Gasteiger partial charge in [-0.2, -0.15) is 0 Å². The van der Waals surface area contributed by atoms with Crippen LogP contribution in [0.1, 0.15) is 24.7 Å². The van der Waals surface area contributed by atoms with Gasteiger partial charge in [-0.15, -0.1) is 0 Å². The van der Waals surface area contributed by atoms with E-state index in [9.17, 15) is 5.11 Å². The van der Waals surface area contributed by atoms with Crippen molar-refractivity contribution in [3.63, 3.8) is 0 Å². The monoisotopic (exact) mass is 362 g/mol. The minimum atomic E-state index is 0.304. The highest BCUT2D eigenvalue weighted by atomic mass is 16.3. The van der Waals surface area contributed by atoms with Crippen molar-refractivity contribution in [2.75, 3.05) is 17.3 Å². The molecule has 3 rings (SSSR count). The molecule has 1 unspecified atom stereocenters. The van der Waals surface area contributed by atoms with Gasteiger partial charge in [0.2, 0.25) is 0 Å². The van der Waals surface area contributed by atoms with Crippen LogP contribution in [0.5, 0.6) is 5.75 Å². The van der Waals surface area contributed by atoms with Gasteiger partial charge in [-0.05, 0) is 56.5 Å². The zero-order valence-electron chi connectivity index (χ0n) is 16.1. The zero-order chi connectivity index (χ0) is 19.2. The highest BCUT2D eigenvalue weighted by Crippen LogP contribution is 2.22. The molecule has 2 N–H and O–H groups in total. The van der Waals surface area contributed by atoms with E-state index in [1.54, 1.807) is 12.1 Å². The van der Waals surface area contributed by atoms with Crippen molar-refractivity contribution in [1.82, 2.24) is 9.97 Å². The summed E-state index contributed by atoms with van der Waals surface area (Å²) in [5, 5.41) is 12.7. The molecule has 1 atom stereocenters. The van der Waals surface area contributed by atoms with Gasteiger partial charge in [0.25, 0.3) is 0 Å². The van der Waals surface area contributed by atoms with Crippen LogP contribution in [0.2, 0.25) is 0 Å². The molecule has 1 heterocycles. The number of aryl methyl sites for hydroxylation is 2. The van der Waals surface area contributed by atoms with Crippen LogP contribution in [-0.4, -0.2) is 28.2 Å². The molecular weight excluding hydrogens is 336 g/mol. The molecule has 0 amide bonds. The van der Waals surface area contributed by atoms with Gasteiger partial charge in [0.05, 0.1) is 0 Å². The van der Waals surface area contributed by atoms with Crippen molar-refractivity contribution < 1.29 is 5.11 Å². The number of nitrogens with one attached hydrogen (secondary N) is 1. The first-order chi connectivity index (χ1) is 13.0. The molecule has 2 aromatic carbocycles. The van der Waals surface area contributed by atoms with Crippen LogP contribution in [0.3, 0.4) is 0 Å². The van der Waals surface area contributed by atoms with E-state index in [0.717, 1.165) is 36.0 Å². The first kappa shape index (κ1) is 18.7. The lowest BCUT2D eigenvalue weighted by Crippen LogP contribution is -2.30. The van der Waals surface area contributed by atoms with Gasteiger partial charge in [-0.3, -0.25) is 0 Å². The van der Waals surface area contributed by atoms with Gasteiger partial charge >= 0.3 is 0 Å². The number of para-hydroxylation sites is 1. The summed E-state index contributed by atoms with van der Waals surface area (Å²) in [5.74, 6) is 2.74. The maximum Gasteiger partial charge on any atom is 0.136 e. The quantitative estimate of drug-likeness (QED) is 0.638. The molecule has 5 nitrogen and oxygen atoms in total. The number of phenolic OH excluding ortho intramolecular Hbond substituents is 1. The fourth-order valence-electron chi connectivity index (χ4n) is 2.92. The lowest BCUT2D eigenvalue weighted by atomic mass is 10.1. The van der Waals surface area contributed by atoms with Crippen molar-refractivity contribution >= 4 is 17.3 Å². The molecule has 0 saturated heterocycles. The summed E-state index contributed by atoms with van der Waals surface area (Å²) in [5.41, 5.74) is 2.22. The van der Waals surface area contributed by atoms with E-state index in [1.165, 1.54) is 5.56 Å². The van der Waals surface area contributed by atoms with Crippen LogP contribution in [-0.2, 0) is 6.42 Å². The van der Waals surface area contributed by atoms with Gasteiger partial charge in [-0.1, -0.05) is 30.3 Å². The number of phenols is 1. The maximum atomic E-state index is 9.40. The normalized spacial score (nSPS) is 11.8. The Bertz CT molecular complexity index is 865. The summed E-state index contributed by atoms with van der Waals surface area (Å²) in [4.78, 5) is 11.3. The molecule has 0 aliphatic carbocycles. The zero-order valence-corrected chi connectivity index (χ0v) is 16.1. The van der Waals surface area contributed by atoms with E-state index in [0.29, 0.717) is 11.8 Å². The van der Waals surface area contributed by atoms with Crippen LogP contribution in [0.15, 0.2) is 60.7 Å². The van der Waals surface area contributed by atoms with Crippen molar-refractivity contribution in [3.05, 3.63) is 72.1 Å². The molecule has 0 radical (unpaired) electrons. The van der Waals surface area contributed by atoms with Crippen molar-refractivity contribution in [2.24, 2.45) is 0 Å². The molecule has 0 saturated carbocycles. The Morgan fingerprint density at radius 2 is 1.74 bits per heavy atom. The largest absolute Gasteiger partial charge is 0.508 e. The number of aromatic nitrogens is 2. The predicted octanol–water partition coefficient (Wildman–Crippen LogP) is 4.69. The number of nitrogens with zero attached hydrogens (tertiary/aromatic N) is 3. The summed E-state index contributed by atoms with van der Waals surface area (Å²) < 4.78 is 0. The average Bonchev–Trinajstić information content (AvgIpc) is 2.67. The molecular formula is C22H26N4O. The summed E-state index contributed by atoms with van der Waals surface area (Å²) >= 11 is 0. The lowest BCUT2D eigenvalue weighted by molar-refractivity contribution is 0.475. The maximum absolute atomic E-state index is 9.40. The Hall–Kier alpha value is -3.08. The van der Waals surface area contributed by atoms with Crippen LogP contribution in [0.4, 0.5) is 17.3 Å². The molecule has 0 aliphatic rings. The highest BCUT2D eigenvalue weighted by molar-refractivity contribution is 5.59. The van der Waals surface area contributed by atoms with Gasteiger partial charge in [-0.25, -0.2) is 9.97 Å². The molecule has 27 heavy (non-hydrogen) atoms. The molecule has 0 fully saturated rings. The number of hydrogen-bond donors (Lipinski definition) is 2. The summed E-state index contributed by atoms with van der Waals surface area (Å²) in [6.45, 7) is 4.11. The number of aromatic hydroxyl groups is 1. The number of hydrogen-bond acceptors (Lipinski definition) is 5. The van der Waals surface area contributed by atoms with Crippen LogP contribution in [0, 0.1) is 6.92 Å². The van der Waals surface area contributed by atoms with E-state index >= 15 is 0 Å². The topological polar surface area (TPSA) is 61.3 Å². The lowest BCUT2D eigenvalue weighted by Gasteiger charge is -2.26. The van der Waals surface area contributed by atoms with E-state index in [4.69, 9.17) is 0 Å². The predicted molar refractivity (Wildman–Crippen MR) is 111 cm³/mol. The Balaban J connectivity index is 1.67. The summed E-state index contributed by atoms with van der Waals surface area (Å²) in [7, 11) is 2.07. The van der Waals surface area contributed by atoms with Crippen LogP contribution < -0.4 is 10.2 Å². The van der Waals surface area contributed by atoms with E-state index in [2.05, 4.69) is 34.2 Å². The Labute approximate surface area is 160 Å². The fourth-order valence-corrected chi connectivity index (χ4v) is 2.92. The van der Waals surface area contributed by atoms with Crippen molar-refractivity contribution in [3.8, 4) is 5.75 Å². The molecule has 3 aromatic rings. The molecule has 0 bridgehead atoms. The first-order valence-corrected chi connectivity index (χ1v) is 9.20. The second kappa shape index (κ2) is 8.54. The summed E-state index contributed by atoms with van der Waals surface area (Å²) in [6.07, 6.45) is 1.94. The standard InChI is InChI=1S/C22H26N4O/c1-16(9-10-18-11-13-20(27)14-12-18)26(3)22-15-21(23-17(2)24-22)25-19-7-5-4-6-8-19/h4-8,11-16,27H,9-10H2,1-3H3,(H,23,24,25). The number of benzene rings is 2. The van der Waals surface area contributed by atoms with E-state index < -0.39 is 0 Å². The number of anilines is 3. The molecule has 0 aliphatic heterocycles. The second-order valence-corrected chi connectivity index (χ2v) is 6.81. The second-order valence-electron chi connectivity index (χ2n) is 6.81. The van der Waals surface area contributed by atoms with Gasteiger partial charge < -0.3 is 15.3 Å². The Morgan fingerprint density at radius 1 is 1.04 bits per heavy atom. The number of rotatable bonds is 7. The molecule has 0 spiro atoms. The van der Waals surface area contributed by atoms with Crippen LogP contribution in [0.25, 0.3) is 0 Å². The highest BCUT2D eigenvalue weighted by Gasteiger charge is 2.13. The molecule has 1 aromatic heterocycles. The minimum absolute atomic E-state index is 0.304. The van der Waals surface area contributed by atoms with Gasteiger partial charge in [0.15, 0.2) is 0 Å². The van der Waals surface area contributed by atoms with Crippen molar-refractivity contribution in [2.45, 2.75) is 32.7 Å². The third kappa shape index (κ3) is 5.20. The Morgan fingerprint density at radius 3 is 2.44 bits per heavy atom. The summed E-state index contributed by atoms with van der Waals surface area (Å²) in [6, 6.07) is 19.7. The van der Waals surface area contributed by atoms with E-state index in [1.807, 2.05) is 55.5 Å². The van der Waals surface area contributed by atoms with Gasteiger partial charge in [0.1, 0.15) is 23.2 Å². The van der Waals surface area contributed by atoms with Gasteiger partial charge in [0, 0.05) is 24.8 Å². The van der Waals surface area contributed by atoms with Crippen LogP contribution >= 0.6 is 0 Å². The molecule has 140 valence electrons. The Kier molecular flexibility index (Phi) is 5.91. The molecule has 5 heteroatoms. The smallest absolute Gasteiger partial charge is 0.136 e. The van der Waals surface area contributed by atoms with E-state index in [-0.39, 0.29) is 0 Å². The first-order valence-electron chi connectivity index (χ1n) is 9.20. The fraction of sp³-hybridized carbons (Fsp3) is 0.273. The third-order valence-corrected chi connectivity index (χ3v) is 4.68. The average molecular weight is 362 g/mol. The SMILES string of the molecule is Cc1nc(Nc2ccccc2)cc(N(C)C(C)CCc2ccc(O)cc2)n1.